The van der Waals surface area contributed by atoms with E-state index in [1.54, 1.807) is 13.1 Å². The second kappa shape index (κ2) is 6.31. The van der Waals surface area contributed by atoms with Gasteiger partial charge in [0.15, 0.2) is 0 Å². The quantitative estimate of drug-likeness (QED) is 0.870. The number of aryl methyl sites for hydroxylation is 1. The Morgan fingerprint density at radius 2 is 1.62 bits per heavy atom. The maximum Gasteiger partial charge on any atom is 0.416 e. The molecule has 0 amide bonds. The van der Waals surface area contributed by atoms with Crippen LogP contribution in [-0.2, 0) is 12.6 Å². The Kier molecular flexibility index (Phi) is 4.68. The van der Waals surface area contributed by atoms with Gasteiger partial charge in [-0.1, -0.05) is 49.4 Å². The molecule has 0 aliphatic carbocycles. The monoisotopic (exact) mass is 293 g/mol. The van der Waals surface area contributed by atoms with E-state index in [2.05, 4.69) is 5.32 Å². The molecule has 0 spiro atoms. The molecule has 0 saturated carbocycles. The Labute approximate surface area is 122 Å². The second-order valence-electron chi connectivity index (χ2n) is 4.90. The Morgan fingerprint density at radius 3 is 2.14 bits per heavy atom. The van der Waals surface area contributed by atoms with E-state index in [-0.39, 0.29) is 5.56 Å². The lowest BCUT2D eigenvalue weighted by Gasteiger charge is -2.22. The molecule has 2 rings (SSSR count). The molecule has 21 heavy (non-hydrogen) atoms. The lowest BCUT2D eigenvalue weighted by Crippen LogP contribution is -2.21. The van der Waals surface area contributed by atoms with Gasteiger partial charge in [-0.15, -0.1) is 0 Å². The highest BCUT2D eigenvalue weighted by Gasteiger charge is 2.34. The molecule has 0 fully saturated rings. The van der Waals surface area contributed by atoms with Gasteiger partial charge in [0.1, 0.15) is 0 Å². The Bertz CT molecular complexity index is 588. The van der Waals surface area contributed by atoms with E-state index in [0.29, 0.717) is 0 Å². The summed E-state index contributed by atoms with van der Waals surface area (Å²) in [5.74, 6) is 0. The van der Waals surface area contributed by atoms with Crippen molar-refractivity contribution in [3.05, 3.63) is 70.8 Å². The average Bonchev–Trinajstić information content (AvgIpc) is 2.48. The van der Waals surface area contributed by atoms with Crippen LogP contribution in [0, 0.1) is 0 Å². The van der Waals surface area contributed by atoms with Crippen molar-refractivity contribution in [2.45, 2.75) is 25.6 Å². The molecule has 4 heteroatoms. The molecule has 0 aliphatic heterocycles. The highest BCUT2D eigenvalue weighted by atomic mass is 19.4. The van der Waals surface area contributed by atoms with E-state index in [4.69, 9.17) is 0 Å². The molecule has 1 nitrogen and oxygen atoms in total. The smallest absolute Gasteiger partial charge is 0.309 e. The first-order valence-corrected chi connectivity index (χ1v) is 6.89. The van der Waals surface area contributed by atoms with Gasteiger partial charge in [0.2, 0.25) is 0 Å². The van der Waals surface area contributed by atoms with E-state index in [1.807, 2.05) is 31.2 Å². The van der Waals surface area contributed by atoms with Gasteiger partial charge < -0.3 is 5.32 Å². The van der Waals surface area contributed by atoms with Gasteiger partial charge in [-0.05, 0) is 36.2 Å². The van der Waals surface area contributed by atoms with E-state index in [9.17, 15) is 13.2 Å². The van der Waals surface area contributed by atoms with Crippen LogP contribution in [0.1, 0.15) is 35.2 Å². The first-order chi connectivity index (χ1) is 9.97. The summed E-state index contributed by atoms with van der Waals surface area (Å²) in [6.45, 7) is 2.05. The van der Waals surface area contributed by atoms with E-state index >= 15 is 0 Å². The third-order valence-corrected chi connectivity index (χ3v) is 3.59. The predicted octanol–water partition coefficient (Wildman–Crippen LogP) is 4.58. The first kappa shape index (κ1) is 15.6. The molecule has 0 heterocycles. The number of halogens is 3. The topological polar surface area (TPSA) is 12.0 Å². The molecule has 0 radical (unpaired) electrons. The van der Waals surface area contributed by atoms with Gasteiger partial charge in [-0.3, -0.25) is 0 Å². The Morgan fingerprint density at radius 1 is 1.00 bits per heavy atom. The second-order valence-corrected chi connectivity index (χ2v) is 4.90. The number of alkyl halides is 3. The summed E-state index contributed by atoms with van der Waals surface area (Å²) in [5.41, 5.74) is 1.64. The number of hydrogen-bond acceptors (Lipinski definition) is 1. The van der Waals surface area contributed by atoms with Crippen LogP contribution in [0.2, 0.25) is 0 Å². The van der Waals surface area contributed by atoms with Crippen LogP contribution in [0.4, 0.5) is 13.2 Å². The summed E-state index contributed by atoms with van der Waals surface area (Å²) >= 11 is 0. The number of rotatable bonds is 4. The van der Waals surface area contributed by atoms with Crippen LogP contribution in [0.15, 0.2) is 48.5 Å². The molecule has 0 aromatic heterocycles. The fourth-order valence-corrected chi connectivity index (χ4v) is 2.45. The largest absolute Gasteiger partial charge is 0.416 e. The minimum Gasteiger partial charge on any atom is -0.309 e. The summed E-state index contributed by atoms with van der Waals surface area (Å²) in [6, 6.07) is 12.9. The average molecular weight is 293 g/mol. The van der Waals surface area contributed by atoms with Gasteiger partial charge in [0, 0.05) is 0 Å². The standard InChI is InChI=1S/C17H18F3N/c1-3-12-8-10-13(11-9-12)16(21-2)14-6-4-5-7-15(14)17(18,19)20/h4-11,16,21H,3H2,1-2H3. The fourth-order valence-electron chi connectivity index (χ4n) is 2.45. The number of nitrogens with one attached hydrogen (secondary N) is 1. The minimum atomic E-state index is -4.35. The molecular formula is C17H18F3N. The van der Waals surface area contributed by atoms with Crippen molar-refractivity contribution in [2.24, 2.45) is 0 Å². The van der Waals surface area contributed by atoms with Crippen LogP contribution in [0.3, 0.4) is 0 Å². The number of hydrogen-bond donors (Lipinski definition) is 1. The van der Waals surface area contributed by atoms with Crippen molar-refractivity contribution < 1.29 is 13.2 Å². The highest BCUT2D eigenvalue weighted by Crippen LogP contribution is 2.36. The molecule has 0 aliphatic rings. The third-order valence-electron chi connectivity index (χ3n) is 3.59. The number of benzene rings is 2. The van der Waals surface area contributed by atoms with Gasteiger partial charge >= 0.3 is 6.18 Å². The normalized spacial score (nSPS) is 13.2. The van der Waals surface area contributed by atoms with Crippen molar-refractivity contribution in [3.8, 4) is 0 Å². The SMILES string of the molecule is CCc1ccc(C(NC)c2ccccc2C(F)(F)F)cc1. The summed E-state index contributed by atoms with van der Waals surface area (Å²) in [4.78, 5) is 0. The predicted molar refractivity (Wildman–Crippen MR) is 78.2 cm³/mol. The van der Waals surface area contributed by atoms with Crippen molar-refractivity contribution in [1.82, 2.24) is 5.32 Å². The zero-order chi connectivity index (χ0) is 15.5. The van der Waals surface area contributed by atoms with Crippen LogP contribution < -0.4 is 5.32 Å². The molecule has 2 aromatic carbocycles. The molecule has 0 saturated heterocycles. The van der Waals surface area contributed by atoms with Crippen molar-refractivity contribution >= 4 is 0 Å². The molecular weight excluding hydrogens is 275 g/mol. The van der Waals surface area contributed by atoms with Gasteiger partial charge in [-0.2, -0.15) is 13.2 Å². The maximum atomic E-state index is 13.2. The zero-order valence-electron chi connectivity index (χ0n) is 12.0. The van der Waals surface area contributed by atoms with Crippen LogP contribution in [0.5, 0.6) is 0 Å². The summed E-state index contributed by atoms with van der Waals surface area (Å²) in [7, 11) is 1.67. The molecule has 0 bridgehead atoms. The van der Waals surface area contributed by atoms with Gasteiger partial charge in [0.25, 0.3) is 0 Å². The van der Waals surface area contributed by atoms with E-state index in [1.165, 1.54) is 12.1 Å². The summed E-state index contributed by atoms with van der Waals surface area (Å²) in [6.07, 6.45) is -3.45. The van der Waals surface area contributed by atoms with Gasteiger partial charge in [0.05, 0.1) is 11.6 Å². The molecule has 112 valence electrons. The Hall–Kier alpha value is -1.81. The first-order valence-electron chi connectivity index (χ1n) is 6.89. The summed E-state index contributed by atoms with van der Waals surface area (Å²) in [5, 5.41) is 2.98. The van der Waals surface area contributed by atoms with Gasteiger partial charge in [-0.25, -0.2) is 0 Å². The minimum absolute atomic E-state index is 0.247. The highest BCUT2D eigenvalue weighted by molar-refractivity contribution is 5.39. The van der Waals surface area contributed by atoms with Crippen LogP contribution >= 0.6 is 0 Å². The Balaban J connectivity index is 2.46. The van der Waals surface area contributed by atoms with Crippen LogP contribution in [-0.4, -0.2) is 7.05 Å². The summed E-state index contributed by atoms with van der Waals surface area (Å²) < 4.78 is 39.5. The van der Waals surface area contributed by atoms with E-state index in [0.717, 1.165) is 23.6 Å². The lowest BCUT2D eigenvalue weighted by molar-refractivity contribution is -0.138. The van der Waals surface area contributed by atoms with E-state index < -0.39 is 17.8 Å². The molecule has 1 unspecified atom stereocenters. The molecule has 1 atom stereocenters. The van der Waals surface area contributed by atoms with Crippen molar-refractivity contribution in [3.63, 3.8) is 0 Å². The molecule has 1 N–H and O–H groups in total. The maximum absolute atomic E-state index is 13.2. The molecule has 2 aromatic rings. The fraction of sp³-hybridized carbons (Fsp3) is 0.294. The lowest BCUT2D eigenvalue weighted by atomic mass is 9.93. The van der Waals surface area contributed by atoms with Crippen molar-refractivity contribution in [1.29, 1.82) is 0 Å². The zero-order valence-corrected chi connectivity index (χ0v) is 12.0. The van der Waals surface area contributed by atoms with Crippen LogP contribution in [0.25, 0.3) is 0 Å². The van der Waals surface area contributed by atoms with Crippen molar-refractivity contribution in [2.75, 3.05) is 7.05 Å². The third kappa shape index (κ3) is 3.45.